The zero-order valence-electron chi connectivity index (χ0n) is 12.8. The molecule has 1 fully saturated rings. The average Bonchev–Trinajstić information content (AvgIpc) is 2.50. The van der Waals surface area contributed by atoms with Crippen molar-refractivity contribution in [3.05, 3.63) is 24.5 Å². The number of rotatable bonds is 5. The highest BCUT2D eigenvalue weighted by Crippen LogP contribution is 2.13. The van der Waals surface area contributed by atoms with Gasteiger partial charge >= 0.3 is 0 Å². The Morgan fingerprint density at radius 1 is 1.55 bits per heavy atom. The second-order valence-electron chi connectivity index (χ2n) is 5.59. The Labute approximate surface area is 131 Å². The highest BCUT2D eigenvalue weighted by molar-refractivity contribution is 7.89. The number of carbonyl (C=O) groups excluding carboxylic acids is 1. The highest BCUT2D eigenvalue weighted by atomic mass is 32.2. The van der Waals surface area contributed by atoms with Crippen LogP contribution < -0.4 is 10.6 Å². The molecular formula is C14H22N4O3S. The molecule has 122 valence electrons. The lowest BCUT2D eigenvalue weighted by Gasteiger charge is -2.30. The lowest BCUT2D eigenvalue weighted by molar-refractivity contribution is -0.122. The van der Waals surface area contributed by atoms with E-state index in [1.54, 1.807) is 6.07 Å². The number of likely N-dealkylation sites (N-methyl/N-ethyl adjacent to an activating group) is 1. The highest BCUT2D eigenvalue weighted by Gasteiger charge is 2.26. The van der Waals surface area contributed by atoms with E-state index in [4.69, 9.17) is 0 Å². The minimum Gasteiger partial charge on any atom is -0.351 e. The maximum Gasteiger partial charge on any atom is 0.244 e. The largest absolute Gasteiger partial charge is 0.351 e. The SMILES string of the molecule is CC1CCNCC1NC(=O)CN(C)S(=O)(=O)c1cccnc1. The van der Waals surface area contributed by atoms with Gasteiger partial charge in [-0.15, -0.1) is 0 Å². The summed E-state index contributed by atoms with van der Waals surface area (Å²) in [6.07, 6.45) is 3.77. The Morgan fingerprint density at radius 3 is 2.95 bits per heavy atom. The van der Waals surface area contributed by atoms with Crippen molar-refractivity contribution < 1.29 is 13.2 Å². The summed E-state index contributed by atoms with van der Waals surface area (Å²) >= 11 is 0. The average molecular weight is 326 g/mol. The summed E-state index contributed by atoms with van der Waals surface area (Å²) in [5.74, 6) is 0.0842. The first kappa shape index (κ1) is 16.9. The zero-order valence-corrected chi connectivity index (χ0v) is 13.6. The zero-order chi connectivity index (χ0) is 16.2. The van der Waals surface area contributed by atoms with E-state index in [9.17, 15) is 13.2 Å². The van der Waals surface area contributed by atoms with Crippen molar-refractivity contribution in [1.29, 1.82) is 0 Å². The van der Waals surface area contributed by atoms with Crippen molar-refractivity contribution in [2.75, 3.05) is 26.7 Å². The monoisotopic (exact) mass is 326 g/mol. The van der Waals surface area contributed by atoms with E-state index >= 15 is 0 Å². The second-order valence-corrected chi connectivity index (χ2v) is 7.64. The predicted octanol–water partition coefficient (Wildman–Crippen LogP) is -0.184. The van der Waals surface area contributed by atoms with Gasteiger partial charge < -0.3 is 10.6 Å². The second kappa shape index (κ2) is 7.17. The normalized spacial score (nSPS) is 22.5. The van der Waals surface area contributed by atoms with Gasteiger partial charge in [0.15, 0.2) is 0 Å². The van der Waals surface area contributed by atoms with Gasteiger partial charge in [0.2, 0.25) is 15.9 Å². The van der Waals surface area contributed by atoms with Gasteiger partial charge in [-0.1, -0.05) is 6.92 Å². The molecule has 2 heterocycles. The van der Waals surface area contributed by atoms with Gasteiger partial charge in [0.25, 0.3) is 0 Å². The molecule has 2 rings (SSSR count). The molecule has 1 aliphatic heterocycles. The lowest BCUT2D eigenvalue weighted by atomic mass is 9.95. The Bertz CT molecular complexity index is 606. The summed E-state index contributed by atoms with van der Waals surface area (Å²) in [7, 11) is -2.30. The fourth-order valence-electron chi connectivity index (χ4n) is 2.40. The fourth-order valence-corrected chi connectivity index (χ4v) is 3.49. The van der Waals surface area contributed by atoms with Gasteiger partial charge in [0.05, 0.1) is 6.54 Å². The number of nitrogens with one attached hydrogen (secondary N) is 2. The summed E-state index contributed by atoms with van der Waals surface area (Å²) < 4.78 is 25.7. The molecule has 2 unspecified atom stereocenters. The fraction of sp³-hybridized carbons (Fsp3) is 0.571. The van der Waals surface area contributed by atoms with Crippen LogP contribution in [0.3, 0.4) is 0 Å². The van der Waals surface area contributed by atoms with Gasteiger partial charge in [-0.3, -0.25) is 9.78 Å². The minimum atomic E-state index is -3.69. The lowest BCUT2D eigenvalue weighted by Crippen LogP contribution is -2.52. The van der Waals surface area contributed by atoms with Crippen LogP contribution in [0.25, 0.3) is 0 Å². The van der Waals surface area contributed by atoms with Crippen LogP contribution in [0.2, 0.25) is 0 Å². The number of piperidine rings is 1. The molecule has 1 aliphatic rings. The predicted molar refractivity (Wildman–Crippen MR) is 82.6 cm³/mol. The maximum atomic E-state index is 12.3. The molecule has 0 spiro atoms. The van der Waals surface area contributed by atoms with Crippen LogP contribution in [-0.2, 0) is 14.8 Å². The molecule has 2 atom stereocenters. The molecule has 0 aromatic carbocycles. The van der Waals surface area contributed by atoms with Gasteiger partial charge in [-0.05, 0) is 31.0 Å². The van der Waals surface area contributed by atoms with Gasteiger partial charge in [0, 0.05) is 32.0 Å². The standard InChI is InChI=1S/C14H22N4O3S/c1-11-5-7-16-9-13(11)17-14(19)10-18(2)22(20,21)12-4-3-6-15-8-12/h3-4,6,8,11,13,16H,5,7,9-10H2,1-2H3,(H,17,19). The summed E-state index contributed by atoms with van der Waals surface area (Å²) in [4.78, 5) is 16.0. The first-order valence-corrected chi connectivity index (χ1v) is 8.71. The number of carbonyl (C=O) groups is 1. The van der Waals surface area contributed by atoms with Crippen LogP contribution in [0.15, 0.2) is 29.4 Å². The molecule has 7 nitrogen and oxygen atoms in total. The van der Waals surface area contributed by atoms with Crippen LogP contribution in [-0.4, -0.2) is 56.3 Å². The third kappa shape index (κ3) is 4.02. The number of aromatic nitrogens is 1. The van der Waals surface area contributed by atoms with Crippen molar-refractivity contribution in [1.82, 2.24) is 19.9 Å². The first-order valence-electron chi connectivity index (χ1n) is 7.27. The molecule has 22 heavy (non-hydrogen) atoms. The summed E-state index contributed by atoms with van der Waals surface area (Å²) in [5, 5.41) is 6.13. The van der Waals surface area contributed by atoms with Crippen LogP contribution in [0, 0.1) is 5.92 Å². The van der Waals surface area contributed by atoms with Gasteiger partial charge in [0.1, 0.15) is 4.90 Å². The number of pyridine rings is 1. The van der Waals surface area contributed by atoms with Gasteiger partial charge in [-0.25, -0.2) is 8.42 Å². The summed E-state index contributed by atoms with van der Waals surface area (Å²) in [5.41, 5.74) is 0. The first-order chi connectivity index (χ1) is 10.4. The smallest absolute Gasteiger partial charge is 0.244 e. The van der Waals surface area contributed by atoms with Crippen LogP contribution in [0.1, 0.15) is 13.3 Å². The molecule has 1 amide bonds. The molecule has 1 aromatic heterocycles. The Balaban J connectivity index is 1.96. The molecule has 8 heteroatoms. The van der Waals surface area contributed by atoms with Crippen molar-refractivity contribution >= 4 is 15.9 Å². The molecule has 0 bridgehead atoms. The van der Waals surface area contributed by atoms with E-state index in [1.165, 1.54) is 25.5 Å². The van der Waals surface area contributed by atoms with Crippen LogP contribution >= 0.6 is 0 Å². The molecule has 0 aliphatic carbocycles. The Kier molecular flexibility index (Phi) is 5.49. The Hall–Kier alpha value is -1.51. The number of hydrogen-bond acceptors (Lipinski definition) is 5. The van der Waals surface area contributed by atoms with E-state index in [0.29, 0.717) is 12.5 Å². The molecule has 1 saturated heterocycles. The summed E-state index contributed by atoms with van der Waals surface area (Å²) in [6, 6.07) is 3.05. The number of amides is 1. The van der Waals surface area contributed by atoms with E-state index in [2.05, 4.69) is 22.5 Å². The third-order valence-electron chi connectivity index (χ3n) is 3.88. The molecule has 0 radical (unpaired) electrons. The van der Waals surface area contributed by atoms with E-state index in [-0.39, 0.29) is 23.4 Å². The van der Waals surface area contributed by atoms with Crippen molar-refractivity contribution in [2.24, 2.45) is 5.92 Å². The van der Waals surface area contributed by atoms with Crippen LogP contribution in [0.4, 0.5) is 0 Å². The third-order valence-corrected chi connectivity index (χ3v) is 5.67. The topological polar surface area (TPSA) is 91.4 Å². The number of sulfonamides is 1. The quantitative estimate of drug-likeness (QED) is 0.783. The van der Waals surface area contributed by atoms with Crippen LogP contribution in [0.5, 0.6) is 0 Å². The molecule has 0 saturated carbocycles. The van der Waals surface area contributed by atoms with Crippen molar-refractivity contribution in [2.45, 2.75) is 24.3 Å². The maximum absolute atomic E-state index is 12.3. The number of nitrogens with zero attached hydrogens (tertiary/aromatic N) is 2. The summed E-state index contributed by atoms with van der Waals surface area (Å²) in [6.45, 7) is 3.54. The molecule has 1 aromatic rings. The molecule has 2 N–H and O–H groups in total. The molecular weight excluding hydrogens is 304 g/mol. The van der Waals surface area contributed by atoms with E-state index < -0.39 is 10.0 Å². The van der Waals surface area contributed by atoms with E-state index in [0.717, 1.165) is 17.3 Å². The number of hydrogen-bond donors (Lipinski definition) is 2. The van der Waals surface area contributed by atoms with Crippen molar-refractivity contribution in [3.8, 4) is 0 Å². The van der Waals surface area contributed by atoms with Crippen molar-refractivity contribution in [3.63, 3.8) is 0 Å². The van der Waals surface area contributed by atoms with Gasteiger partial charge in [-0.2, -0.15) is 4.31 Å². The minimum absolute atomic E-state index is 0.0377. The van der Waals surface area contributed by atoms with E-state index in [1.807, 2.05) is 0 Å². The Morgan fingerprint density at radius 2 is 2.32 bits per heavy atom.